The van der Waals surface area contributed by atoms with Gasteiger partial charge in [-0.3, -0.25) is 0 Å². The quantitative estimate of drug-likeness (QED) is 0.904. The molecule has 1 unspecified atom stereocenters. The summed E-state index contributed by atoms with van der Waals surface area (Å²) in [4.78, 5) is 4.69. The fourth-order valence-corrected chi connectivity index (χ4v) is 2.23. The topological polar surface area (TPSA) is 29.9 Å². The van der Waals surface area contributed by atoms with Crippen LogP contribution in [-0.2, 0) is 0 Å². The summed E-state index contributed by atoms with van der Waals surface area (Å²) >= 11 is 6.06. The van der Waals surface area contributed by atoms with Crippen molar-refractivity contribution in [2.45, 2.75) is 32.9 Å². The highest BCUT2D eigenvalue weighted by molar-refractivity contribution is 6.31. The Kier molecular flexibility index (Phi) is 3.40. The monoisotopic (exact) mass is 251 g/mol. The Bertz CT molecular complexity index is 531. The van der Waals surface area contributed by atoms with E-state index in [1.54, 1.807) is 0 Å². The first-order valence-corrected chi connectivity index (χ1v) is 6.27. The van der Waals surface area contributed by atoms with E-state index in [-0.39, 0.29) is 6.04 Å². The van der Waals surface area contributed by atoms with Gasteiger partial charge in [-0.15, -0.1) is 0 Å². The molecule has 0 saturated heterocycles. The molecule has 0 radical (unpaired) electrons. The molecule has 3 nitrogen and oxygen atoms in total. The second-order valence-electron chi connectivity index (χ2n) is 4.58. The highest BCUT2D eigenvalue weighted by Crippen LogP contribution is 2.26. The Labute approximate surface area is 107 Å². The number of imidazole rings is 1. The highest BCUT2D eigenvalue weighted by Gasteiger charge is 2.17. The molecule has 0 bridgehead atoms. The van der Waals surface area contributed by atoms with E-state index in [0.29, 0.717) is 6.04 Å². The molecule has 2 rings (SSSR count). The second-order valence-corrected chi connectivity index (χ2v) is 5.01. The summed E-state index contributed by atoms with van der Waals surface area (Å²) in [6.45, 7) is 6.43. The summed E-state index contributed by atoms with van der Waals surface area (Å²) in [5, 5.41) is 3.99. The summed E-state index contributed by atoms with van der Waals surface area (Å²) < 4.78 is 2.24. The number of aromatic nitrogens is 2. The normalized spacial score (nSPS) is 13.5. The second kappa shape index (κ2) is 4.67. The first kappa shape index (κ1) is 12.4. The van der Waals surface area contributed by atoms with Crippen molar-refractivity contribution in [2.75, 3.05) is 7.05 Å². The van der Waals surface area contributed by atoms with Crippen LogP contribution in [0.2, 0.25) is 5.02 Å². The van der Waals surface area contributed by atoms with Crippen LogP contribution in [0.4, 0.5) is 0 Å². The summed E-state index contributed by atoms with van der Waals surface area (Å²) in [7, 11) is 1.95. The largest absolute Gasteiger partial charge is 0.324 e. The predicted molar refractivity (Wildman–Crippen MR) is 72.6 cm³/mol. The number of halogens is 1. The first-order chi connectivity index (χ1) is 8.04. The Hall–Kier alpha value is -1.06. The van der Waals surface area contributed by atoms with Crippen LogP contribution in [-0.4, -0.2) is 16.6 Å². The Balaban J connectivity index is 2.71. The molecule has 1 aromatic carbocycles. The van der Waals surface area contributed by atoms with Gasteiger partial charge in [-0.2, -0.15) is 0 Å². The van der Waals surface area contributed by atoms with Gasteiger partial charge in [0, 0.05) is 11.1 Å². The van der Waals surface area contributed by atoms with Gasteiger partial charge in [-0.25, -0.2) is 4.98 Å². The number of hydrogen-bond donors (Lipinski definition) is 1. The lowest BCUT2D eigenvalue weighted by molar-refractivity contribution is 0.521. The smallest absolute Gasteiger partial charge is 0.127 e. The van der Waals surface area contributed by atoms with Gasteiger partial charge in [0.1, 0.15) is 5.82 Å². The van der Waals surface area contributed by atoms with Crippen LogP contribution in [0.25, 0.3) is 11.0 Å². The fourth-order valence-electron chi connectivity index (χ4n) is 2.06. The number of nitrogens with one attached hydrogen (secondary N) is 1. The van der Waals surface area contributed by atoms with Gasteiger partial charge in [-0.1, -0.05) is 11.6 Å². The summed E-state index contributed by atoms with van der Waals surface area (Å²) in [6.07, 6.45) is 0. The van der Waals surface area contributed by atoms with Gasteiger partial charge < -0.3 is 9.88 Å². The molecule has 1 aromatic heterocycles. The Morgan fingerprint density at radius 1 is 1.29 bits per heavy atom. The SMILES string of the molecule is CNC(C)c1nc2ccc(Cl)cc2n1C(C)C. The molecule has 2 aromatic rings. The van der Waals surface area contributed by atoms with Crippen molar-refractivity contribution in [1.29, 1.82) is 0 Å². The van der Waals surface area contributed by atoms with Crippen molar-refractivity contribution in [1.82, 2.24) is 14.9 Å². The number of rotatable bonds is 3. The lowest BCUT2D eigenvalue weighted by atomic mass is 10.2. The number of fused-ring (bicyclic) bond motifs is 1. The Morgan fingerprint density at radius 3 is 2.59 bits per heavy atom. The molecule has 17 heavy (non-hydrogen) atoms. The molecule has 0 aliphatic heterocycles. The highest BCUT2D eigenvalue weighted by atomic mass is 35.5. The van der Waals surface area contributed by atoms with E-state index < -0.39 is 0 Å². The molecule has 0 saturated carbocycles. The van der Waals surface area contributed by atoms with Crippen LogP contribution in [0.15, 0.2) is 18.2 Å². The predicted octanol–water partition coefficient (Wildman–Crippen LogP) is 3.55. The lowest BCUT2D eigenvalue weighted by Crippen LogP contribution is -2.18. The third-order valence-corrected chi connectivity index (χ3v) is 3.25. The molecular weight excluding hydrogens is 234 g/mol. The van der Waals surface area contributed by atoms with Gasteiger partial charge in [0.05, 0.1) is 17.1 Å². The Morgan fingerprint density at radius 2 is 2.00 bits per heavy atom. The van der Waals surface area contributed by atoms with Crippen LogP contribution in [0.1, 0.15) is 38.7 Å². The molecule has 0 aliphatic carbocycles. The van der Waals surface area contributed by atoms with Crippen LogP contribution >= 0.6 is 11.6 Å². The zero-order valence-corrected chi connectivity index (χ0v) is 11.4. The molecule has 0 spiro atoms. The summed E-state index contributed by atoms with van der Waals surface area (Å²) in [5.41, 5.74) is 2.10. The van der Waals surface area contributed by atoms with Crippen molar-refractivity contribution in [3.63, 3.8) is 0 Å². The maximum Gasteiger partial charge on any atom is 0.127 e. The zero-order chi connectivity index (χ0) is 12.6. The van der Waals surface area contributed by atoms with Crippen molar-refractivity contribution >= 4 is 22.6 Å². The molecule has 4 heteroatoms. The number of nitrogens with zero attached hydrogens (tertiary/aromatic N) is 2. The van der Waals surface area contributed by atoms with Crippen LogP contribution in [0, 0.1) is 0 Å². The van der Waals surface area contributed by atoms with Gasteiger partial charge in [0.2, 0.25) is 0 Å². The minimum absolute atomic E-state index is 0.226. The molecule has 0 fully saturated rings. The van der Waals surface area contributed by atoms with Crippen LogP contribution in [0.3, 0.4) is 0 Å². The van der Waals surface area contributed by atoms with Crippen LogP contribution in [0.5, 0.6) is 0 Å². The molecular formula is C13H18ClN3. The van der Waals surface area contributed by atoms with E-state index in [9.17, 15) is 0 Å². The van der Waals surface area contributed by atoms with E-state index in [4.69, 9.17) is 11.6 Å². The molecule has 0 aliphatic rings. The zero-order valence-electron chi connectivity index (χ0n) is 10.7. The summed E-state index contributed by atoms with van der Waals surface area (Å²) in [5.74, 6) is 1.06. The standard InChI is InChI=1S/C13H18ClN3/c1-8(2)17-12-7-10(14)5-6-11(12)16-13(17)9(3)15-4/h5-9,15H,1-4H3. The molecule has 1 atom stereocenters. The summed E-state index contributed by atoms with van der Waals surface area (Å²) in [6, 6.07) is 6.43. The van der Waals surface area contributed by atoms with Gasteiger partial charge in [-0.05, 0) is 46.0 Å². The van der Waals surface area contributed by atoms with E-state index in [2.05, 4.69) is 35.6 Å². The van der Waals surface area contributed by atoms with Crippen molar-refractivity contribution in [3.05, 3.63) is 29.0 Å². The van der Waals surface area contributed by atoms with E-state index >= 15 is 0 Å². The maximum absolute atomic E-state index is 6.06. The van der Waals surface area contributed by atoms with E-state index in [1.807, 2.05) is 25.2 Å². The third kappa shape index (κ3) is 2.17. The van der Waals surface area contributed by atoms with Gasteiger partial charge >= 0.3 is 0 Å². The van der Waals surface area contributed by atoms with Gasteiger partial charge in [0.15, 0.2) is 0 Å². The van der Waals surface area contributed by atoms with Crippen molar-refractivity contribution in [2.24, 2.45) is 0 Å². The van der Waals surface area contributed by atoms with Crippen LogP contribution < -0.4 is 5.32 Å². The molecule has 1 heterocycles. The number of hydrogen-bond acceptors (Lipinski definition) is 2. The lowest BCUT2D eigenvalue weighted by Gasteiger charge is -2.17. The van der Waals surface area contributed by atoms with E-state index in [0.717, 1.165) is 21.9 Å². The molecule has 0 amide bonds. The van der Waals surface area contributed by atoms with Gasteiger partial charge in [0.25, 0.3) is 0 Å². The average molecular weight is 252 g/mol. The average Bonchev–Trinajstić information content (AvgIpc) is 2.66. The minimum Gasteiger partial charge on any atom is -0.324 e. The third-order valence-electron chi connectivity index (χ3n) is 3.02. The first-order valence-electron chi connectivity index (χ1n) is 5.89. The molecule has 92 valence electrons. The number of benzene rings is 1. The molecule has 1 N–H and O–H groups in total. The van der Waals surface area contributed by atoms with Crippen molar-refractivity contribution in [3.8, 4) is 0 Å². The minimum atomic E-state index is 0.226. The van der Waals surface area contributed by atoms with E-state index in [1.165, 1.54) is 0 Å². The van der Waals surface area contributed by atoms with Crippen molar-refractivity contribution < 1.29 is 0 Å². The maximum atomic E-state index is 6.06. The fraction of sp³-hybridized carbons (Fsp3) is 0.462.